The van der Waals surface area contributed by atoms with Gasteiger partial charge in [-0.25, -0.2) is 0 Å². The summed E-state index contributed by atoms with van der Waals surface area (Å²) in [5.74, 6) is 0.512. The van der Waals surface area contributed by atoms with E-state index in [1.54, 1.807) is 0 Å². The lowest BCUT2D eigenvalue weighted by Crippen LogP contribution is -2.39. The predicted molar refractivity (Wildman–Crippen MR) is 71.8 cm³/mol. The van der Waals surface area contributed by atoms with E-state index in [1.807, 2.05) is 31.2 Å². The summed E-state index contributed by atoms with van der Waals surface area (Å²) in [5, 5.41) is 9.18. The van der Waals surface area contributed by atoms with Crippen LogP contribution >= 0.6 is 0 Å². The van der Waals surface area contributed by atoms with E-state index in [0.717, 1.165) is 31.5 Å². The molecule has 1 aromatic rings. The van der Waals surface area contributed by atoms with Gasteiger partial charge in [0.05, 0.1) is 6.54 Å². The summed E-state index contributed by atoms with van der Waals surface area (Å²) < 4.78 is 0. The number of carbonyl (C=O) groups excluding carboxylic acids is 1. The van der Waals surface area contributed by atoms with E-state index in [1.165, 1.54) is 5.56 Å². The van der Waals surface area contributed by atoms with Gasteiger partial charge < -0.3 is 5.11 Å². The largest absolute Gasteiger partial charge is 0.396 e. The Morgan fingerprint density at radius 1 is 1.39 bits per heavy atom. The maximum atomic E-state index is 12.1. The zero-order chi connectivity index (χ0) is 13.0. The van der Waals surface area contributed by atoms with Gasteiger partial charge in [0.15, 0.2) is 5.78 Å². The van der Waals surface area contributed by atoms with Crippen LogP contribution in [-0.4, -0.2) is 42.0 Å². The number of aryl methyl sites for hydroxylation is 1. The van der Waals surface area contributed by atoms with Crippen molar-refractivity contribution >= 4 is 5.78 Å². The van der Waals surface area contributed by atoms with Crippen molar-refractivity contribution in [3.05, 3.63) is 35.4 Å². The highest BCUT2D eigenvalue weighted by molar-refractivity contribution is 5.97. The van der Waals surface area contributed by atoms with Crippen molar-refractivity contribution in [3.63, 3.8) is 0 Å². The number of benzene rings is 1. The second kappa shape index (κ2) is 6.12. The summed E-state index contributed by atoms with van der Waals surface area (Å²) in [6.07, 6.45) is 2.15. The van der Waals surface area contributed by atoms with E-state index in [9.17, 15) is 9.90 Å². The quantitative estimate of drug-likeness (QED) is 0.826. The van der Waals surface area contributed by atoms with E-state index in [2.05, 4.69) is 4.90 Å². The maximum absolute atomic E-state index is 12.1. The molecule has 1 atom stereocenters. The van der Waals surface area contributed by atoms with E-state index in [4.69, 9.17) is 0 Å². The summed E-state index contributed by atoms with van der Waals surface area (Å²) in [5.41, 5.74) is 1.96. The maximum Gasteiger partial charge on any atom is 0.176 e. The SMILES string of the molecule is Cc1ccc(C(=O)CN2CCCC(CO)C2)cc1. The number of aliphatic hydroxyl groups excluding tert-OH is 1. The smallest absolute Gasteiger partial charge is 0.176 e. The van der Waals surface area contributed by atoms with Crippen molar-refractivity contribution in [2.24, 2.45) is 5.92 Å². The van der Waals surface area contributed by atoms with Crippen LogP contribution in [0.4, 0.5) is 0 Å². The lowest BCUT2D eigenvalue weighted by molar-refractivity contribution is 0.0833. The molecule has 3 nitrogen and oxygen atoms in total. The number of likely N-dealkylation sites (tertiary alicyclic amines) is 1. The molecule has 1 N–H and O–H groups in total. The van der Waals surface area contributed by atoms with Crippen LogP contribution in [0.5, 0.6) is 0 Å². The molecule has 0 saturated carbocycles. The molecule has 3 heteroatoms. The second-order valence-corrected chi connectivity index (χ2v) is 5.22. The lowest BCUT2D eigenvalue weighted by atomic mass is 9.98. The molecule has 0 aliphatic carbocycles. The van der Waals surface area contributed by atoms with Gasteiger partial charge in [-0.3, -0.25) is 9.69 Å². The Kier molecular flexibility index (Phi) is 4.50. The third kappa shape index (κ3) is 3.40. The molecular formula is C15H21NO2. The van der Waals surface area contributed by atoms with Crippen LogP contribution in [0.1, 0.15) is 28.8 Å². The van der Waals surface area contributed by atoms with Gasteiger partial charge in [-0.05, 0) is 32.2 Å². The molecule has 1 fully saturated rings. The number of carbonyl (C=O) groups is 1. The number of ketones is 1. The second-order valence-electron chi connectivity index (χ2n) is 5.22. The monoisotopic (exact) mass is 247 g/mol. The first kappa shape index (κ1) is 13.2. The van der Waals surface area contributed by atoms with Gasteiger partial charge in [-0.2, -0.15) is 0 Å². The Balaban J connectivity index is 1.92. The van der Waals surface area contributed by atoms with Crippen molar-refractivity contribution in [1.29, 1.82) is 0 Å². The summed E-state index contributed by atoms with van der Waals surface area (Å²) >= 11 is 0. The Morgan fingerprint density at radius 3 is 2.78 bits per heavy atom. The van der Waals surface area contributed by atoms with E-state index < -0.39 is 0 Å². The van der Waals surface area contributed by atoms with Crippen LogP contribution in [0, 0.1) is 12.8 Å². The molecule has 0 aromatic heterocycles. The van der Waals surface area contributed by atoms with Crippen molar-refractivity contribution in [1.82, 2.24) is 4.90 Å². The number of Topliss-reactive ketones (excluding diaryl/α,β-unsaturated/α-hetero) is 1. The van der Waals surface area contributed by atoms with Crippen LogP contribution in [-0.2, 0) is 0 Å². The Hall–Kier alpha value is -1.19. The van der Waals surface area contributed by atoms with Crippen molar-refractivity contribution in [2.45, 2.75) is 19.8 Å². The minimum absolute atomic E-state index is 0.175. The number of piperidine rings is 1. The van der Waals surface area contributed by atoms with Crippen molar-refractivity contribution in [3.8, 4) is 0 Å². The fourth-order valence-corrected chi connectivity index (χ4v) is 2.48. The molecule has 1 heterocycles. The summed E-state index contributed by atoms with van der Waals surface area (Å²) in [6.45, 7) is 4.53. The first-order valence-electron chi connectivity index (χ1n) is 6.62. The zero-order valence-corrected chi connectivity index (χ0v) is 10.9. The standard InChI is InChI=1S/C15H21NO2/c1-12-4-6-14(7-5-12)15(18)10-16-8-2-3-13(9-16)11-17/h4-7,13,17H,2-3,8-11H2,1H3. The van der Waals surface area contributed by atoms with E-state index in [-0.39, 0.29) is 12.4 Å². The first-order valence-corrected chi connectivity index (χ1v) is 6.62. The third-order valence-electron chi connectivity index (χ3n) is 3.60. The average molecular weight is 247 g/mol. The van der Waals surface area contributed by atoms with Gasteiger partial charge >= 0.3 is 0 Å². The lowest BCUT2D eigenvalue weighted by Gasteiger charge is -2.31. The van der Waals surface area contributed by atoms with Crippen LogP contribution in [0.3, 0.4) is 0 Å². The number of hydrogen-bond donors (Lipinski definition) is 1. The molecule has 18 heavy (non-hydrogen) atoms. The van der Waals surface area contributed by atoms with Crippen LogP contribution in [0.15, 0.2) is 24.3 Å². The Labute approximate surface area is 108 Å². The minimum Gasteiger partial charge on any atom is -0.396 e. The van der Waals surface area contributed by atoms with Crippen molar-refractivity contribution in [2.75, 3.05) is 26.2 Å². The molecular weight excluding hydrogens is 226 g/mol. The Morgan fingerprint density at radius 2 is 2.11 bits per heavy atom. The molecule has 1 aromatic carbocycles. The molecule has 0 spiro atoms. The molecule has 0 amide bonds. The van der Waals surface area contributed by atoms with Gasteiger partial charge in [0.2, 0.25) is 0 Å². The fraction of sp³-hybridized carbons (Fsp3) is 0.533. The highest BCUT2D eigenvalue weighted by atomic mass is 16.3. The van der Waals surface area contributed by atoms with Gasteiger partial charge in [0.25, 0.3) is 0 Å². The van der Waals surface area contributed by atoms with Gasteiger partial charge in [0.1, 0.15) is 0 Å². The molecule has 0 bridgehead atoms. The zero-order valence-electron chi connectivity index (χ0n) is 10.9. The van der Waals surface area contributed by atoms with E-state index >= 15 is 0 Å². The van der Waals surface area contributed by atoms with Crippen LogP contribution < -0.4 is 0 Å². The van der Waals surface area contributed by atoms with Crippen LogP contribution in [0.2, 0.25) is 0 Å². The molecule has 1 aliphatic heterocycles. The summed E-state index contributed by atoms with van der Waals surface area (Å²) in [7, 11) is 0. The summed E-state index contributed by atoms with van der Waals surface area (Å²) in [6, 6.07) is 7.73. The molecule has 1 unspecified atom stereocenters. The molecule has 1 saturated heterocycles. The van der Waals surface area contributed by atoms with E-state index in [0.29, 0.717) is 12.5 Å². The molecule has 2 rings (SSSR count). The number of nitrogens with zero attached hydrogens (tertiary/aromatic N) is 1. The number of aliphatic hydroxyl groups is 1. The Bertz CT molecular complexity index is 399. The first-order chi connectivity index (χ1) is 8.69. The molecule has 1 aliphatic rings. The predicted octanol–water partition coefficient (Wildman–Crippen LogP) is 1.88. The van der Waals surface area contributed by atoms with Crippen LogP contribution in [0.25, 0.3) is 0 Å². The molecule has 0 radical (unpaired) electrons. The normalized spacial score (nSPS) is 20.9. The highest BCUT2D eigenvalue weighted by Crippen LogP contribution is 2.16. The van der Waals surface area contributed by atoms with Gasteiger partial charge in [-0.1, -0.05) is 29.8 Å². The van der Waals surface area contributed by atoms with Gasteiger partial charge in [-0.15, -0.1) is 0 Å². The molecule has 98 valence electrons. The topological polar surface area (TPSA) is 40.5 Å². The van der Waals surface area contributed by atoms with Crippen molar-refractivity contribution < 1.29 is 9.90 Å². The number of rotatable bonds is 4. The average Bonchev–Trinajstić information content (AvgIpc) is 2.39. The highest BCUT2D eigenvalue weighted by Gasteiger charge is 2.21. The summed E-state index contributed by atoms with van der Waals surface area (Å²) in [4.78, 5) is 14.3. The number of hydrogen-bond acceptors (Lipinski definition) is 3. The minimum atomic E-state index is 0.175. The third-order valence-corrected chi connectivity index (χ3v) is 3.60. The fourth-order valence-electron chi connectivity index (χ4n) is 2.48. The van der Waals surface area contributed by atoms with Gasteiger partial charge in [0, 0.05) is 18.7 Å².